The first-order valence-electron chi connectivity index (χ1n) is 5.37. The Hall–Kier alpha value is -2.54. The Morgan fingerprint density at radius 2 is 1.94 bits per heavy atom. The van der Waals surface area contributed by atoms with E-state index in [1.165, 1.54) is 7.11 Å². The molecular weight excluding hydrogens is 230 g/mol. The SMILES string of the molecule is COc1cc2ccccc2cc1C(=O)OCC#N. The van der Waals surface area contributed by atoms with E-state index in [4.69, 9.17) is 14.7 Å². The van der Waals surface area contributed by atoms with Gasteiger partial charge in [-0.25, -0.2) is 4.79 Å². The van der Waals surface area contributed by atoms with Gasteiger partial charge in [0.05, 0.1) is 7.11 Å². The molecule has 2 rings (SSSR count). The molecule has 90 valence electrons. The number of nitrogens with zero attached hydrogens (tertiary/aromatic N) is 1. The van der Waals surface area contributed by atoms with E-state index in [0.717, 1.165) is 10.8 Å². The quantitative estimate of drug-likeness (QED) is 0.775. The minimum Gasteiger partial charge on any atom is -0.496 e. The molecule has 0 amide bonds. The number of esters is 1. The summed E-state index contributed by atoms with van der Waals surface area (Å²) in [6.45, 7) is -0.269. The van der Waals surface area contributed by atoms with Crippen molar-refractivity contribution in [2.45, 2.75) is 0 Å². The van der Waals surface area contributed by atoms with E-state index >= 15 is 0 Å². The van der Waals surface area contributed by atoms with E-state index in [1.807, 2.05) is 24.3 Å². The Kier molecular flexibility index (Phi) is 3.44. The van der Waals surface area contributed by atoms with Crippen molar-refractivity contribution in [2.24, 2.45) is 0 Å². The lowest BCUT2D eigenvalue weighted by Crippen LogP contribution is -2.07. The third kappa shape index (κ3) is 2.25. The number of fused-ring (bicyclic) bond motifs is 1. The molecule has 0 saturated heterocycles. The van der Waals surface area contributed by atoms with E-state index in [1.54, 1.807) is 18.2 Å². The van der Waals surface area contributed by atoms with Crippen LogP contribution in [0.2, 0.25) is 0 Å². The van der Waals surface area contributed by atoms with Crippen LogP contribution in [0.5, 0.6) is 5.75 Å². The maximum Gasteiger partial charge on any atom is 0.342 e. The fraction of sp³-hybridized carbons (Fsp3) is 0.143. The van der Waals surface area contributed by atoms with Crippen LogP contribution in [-0.4, -0.2) is 19.7 Å². The van der Waals surface area contributed by atoms with Gasteiger partial charge >= 0.3 is 5.97 Å². The Morgan fingerprint density at radius 1 is 1.28 bits per heavy atom. The summed E-state index contributed by atoms with van der Waals surface area (Å²) >= 11 is 0. The maximum absolute atomic E-state index is 11.8. The molecule has 4 nitrogen and oxygen atoms in total. The number of nitriles is 1. The van der Waals surface area contributed by atoms with Gasteiger partial charge in [-0.05, 0) is 22.9 Å². The number of hydrogen-bond donors (Lipinski definition) is 0. The zero-order valence-corrected chi connectivity index (χ0v) is 9.84. The van der Waals surface area contributed by atoms with Crippen LogP contribution in [0.4, 0.5) is 0 Å². The first kappa shape index (κ1) is 11.9. The number of methoxy groups -OCH3 is 1. The van der Waals surface area contributed by atoms with Crippen LogP contribution in [0.15, 0.2) is 36.4 Å². The fourth-order valence-corrected chi connectivity index (χ4v) is 1.72. The summed E-state index contributed by atoms with van der Waals surface area (Å²) in [4.78, 5) is 11.8. The summed E-state index contributed by atoms with van der Waals surface area (Å²) in [7, 11) is 1.49. The number of ether oxygens (including phenoxy) is 2. The molecule has 0 atom stereocenters. The van der Waals surface area contributed by atoms with E-state index in [9.17, 15) is 4.79 Å². The summed E-state index contributed by atoms with van der Waals surface area (Å²) in [6.07, 6.45) is 0. The fourth-order valence-electron chi connectivity index (χ4n) is 1.72. The summed E-state index contributed by atoms with van der Waals surface area (Å²) in [5, 5.41) is 10.3. The largest absolute Gasteiger partial charge is 0.496 e. The Morgan fingerprint density at radius 3 is 2.56 bits per heavy atom. The second-order valence-corrected chi connectivity index (χ2v) is 3.63. The molecule has 0 saturated carbocycles. The molecule has 0 aliphatic carbocycles. The van der Waals surface area contributed by atoms with Crippen LogP contribution >= 0.6 is 0 Å². The summed E-state index contributed by atoms with van der Waals surface area (Å²) in [5.41, 5.74) is 0.325. The molecule has 4 heteroatoms. The molecule has 0 unspecified atom stereocenters. The standard InChI is InChI=1S/C14H11NO3/c1-17-13-9-11-5-3-2-4-10(11)8-12(13)14(16)18-7-6-15/h2-5,8-9H,7H2,1H3. The van der Waals surface area contributed by atoms with Crippen molar-refractivity contribution in [3.8, 4) is 11.8 Å². The highest BCUT2D eigenvalue weighted by atomic mass is 16.5. The first-order valence-corrected chi connectivity index (χ1v) is 5.37. The van der Waals surface area contributed by atoms with Crippen LogP contribution < -0.4 is 4.74 Å². The van der Waals surface area contributed by atoms with Crippen LogP contribution in [0.1, 0.15) is 10.4 Å². The van der Waals surface area contributed by atoms with Gasteiger partial charge in [-0.15, -0.1) is 0 Å². The predicted molar refractivity (Wildman–Crippen MR) is 66.4 cm³/mol. The highest BCUT2D eigenvalue weighted by Crippen LogP contribution is 2.26. The summed E-state index contributed by atoms with van der Waals surface area (Å²) < 4.78 is 9.96. The molecular formula is C14H11NO3. The highest BCUT2D eigenvalue weighted by Gasteiger charge is 2.14. The van der Waals surface area contributed by atoms with Crippen molar-refractivity contribution >= 4 is 16.7 Å². The third-order valence-electron chi connectivity index (χ3n) is 2.56. The van der Waals surface area contributed by atoms with Gasteiger partial charge in [0.1, 0.15) is 17.4 Å². The highest BCUT2D eigenvalue weighted by molar-refractivity contribution is 5.98. The van der Waals surface area contributed by atoms with Gasteiger partial charge in [0.2, 0.25) is 0 Å². The minimum absolute atomic E-state index is 0.269. The van der Waals surface area contributed by atoms with Gasteiger partial charge in [-0.1, -0.05) is 24.3 Å². The second-order valence-electron chi connectivity index (χ2n) is 3.63. The van der Waals surface area contributed by atoms with E-state index in [-0.39, 0.29) is 6.61 Å². The molecule has 2 aromatic rings. The predicted octanol–water partition coefficient (Wildman–Crippen LogP) is 2.53. The lowest BCUT2D eigenvalue weighted by molar-refractivity contribution is 0.0551. The van der Waals surface area contributed by atoms with E-state index in [2.05, 4.69) is 0 Å². The monoisotopic (exact) mass is 241 g/mol. The lowest BCUT2D eigenvalue weighted by Gasteiger charge is -2.09. The van der Waals surface area contributed by atoms with Gasteiger partial charge < -0.3 is 9.47 Å². The summed E-state index contributed by atoms with van der Waals surface area (Å²) in [6, 6.07) is 12.9. The average molecular weight is 241 g/mol. The zero-order valence-electron chi connectivity index (χ0n) is 9.84. The molecule has 0 aromatic heterocycles. The van der Waals surface area contributed by atoms with Crippen molar-refractivity contribution in [1.82, 2.24) is 0 Å². The van der Waals surface area contributed by atoms with Crippen molar-refractivity contribution in [3.63, 3.8) is 0 Å². The molecule has 0 radical (unpaired) electrons. The Balaban J connectivity index is 2.48. The van der Waals surface area contributed by atoms with Crippen LogP contribution in [0, 0.1) is 11.3 Å². The smallest absolute Gasteiger partial charge is 0.342 e. The van der Waals surface area contributed by atoms with Crippen molar-refractivity contribution in [1.29, 1.82) is 5.26 Å². The molecule has 2 aromatic carbocycles. The van der Waals surface area contributed by atoms with E-state index < -0.39 is 5.97 Å². The van der Waals surface area contributed by atoms with Gasteiger partial charge in [0.25, 0.3) is 0 Å². The number of hydrogen-bond acceptors (Lipinski definition) is 4. The molecule has 0 aliphatic rings. The molecule has 0 aliphatic heterocycles. The number of carbonyl (C=O) groups is 1. The van der Waals surface area contributed by atoms with Crippen molar-refractivity contribution < 1.29 is 14.3 Å². The minimum atomic E-state index is -0.556. The molecule has 0 N–H and O–H groups in total. The normalized spacial score (nSPS) is 9.78. The van der Waals surface area contributed by atoms with Crippen LogP contribution in [-0.2, 0) is 4.74 Å². The van der Waals surface area contributed by atoms with Gasteiger partial charge in [-0.2, -0.15) is 5.26 Å². The van der Waals surface area contributed by atoms with E-state index in [0.29, 0.717) is 11.3 Å². The molecule has 0 spiro atoms. The third-order valence-corrected chi connectivity index (χ3v) is 2.56. The number of rotatable bonds is 3. The number of benzene rings is 2. The maximum atomic E-state index is 11.8. The topological polar surface area (TPSA) is 59.3 Å². The second kappa shape index (κ2) is 5.19. The van der Waals surface area contributed by atoms with Crippen molar-refractivity contribution in [3.05, 3.63) is 42.0 Å². The van der Waals surface area contributed by atoms with Crippen LogP contribution in [0.3, 0.4) is 0 Å². The van der Waals surface area contributed by atoms with Crippen LogP contribution in [0.25, 0.3) is 10.8 Å². The van der Waals surface area contributed by atoms with Gasteiger partial charge in [0, 0.05) is 0 Å². The summed E-state index contributed by atoms with van der Waals surface area (Å²) in [5.74, 6) is -0.115. The Bertz CT molecular complexity index is 628. The zero-order chi connectivity index (χ0) is 13.0. The number of carbonyl (C=O) groups excluding carboxylic acids is 1. The lowest BCUT2D eigenvalue weighted by atomic mass is 10.1. The molecule has 0 bridgehead atoms. The molecule has 0 fully saturated rings. The first-order chi connectivity index (χ1) is 8.76. The Labute approximate surface area is 104 Å². The molecule has 18 heavy (non-hydrogen) atoms. The van der Waals surface area contributed by atoms with Crippen molar-refractivity contribution in [2.75, 3.05) is 13.7 Å². The molecule has 0 heterocycles. The average Bonchev–Trinajstić information content (AvgIpc) is 2.43. The van der Waals surface area contributed by atoms with Gasteiger partial charge in [0.15, 0.2) is 6.61 Å². The van der Waals surface area contributed by atoms with Gasteiger partial charge in [-0.3, -0.25) is 0 Å².